The molecule has 0 spiro atoms. The zero-order valence-corrected chi connectivity index (χ0v) is 19.6. The first-order chi connectivity index (χ1) is 17.6. The summed E-state index contributed by atoms with van der Waals surface area (Å²) >= 11 is 6.11. The normalized spacial score (nSPS) is 11.1. The Morgan fingerprint density at radius 3 is 2.19 bits per heavy atom. The standard InChI is InChI=1S/C28H18ClN5O2/c29-21-13-15-22(16-14-21)33-26(20-11-9-19(10-12-20)25-8-4-5-17-32(25)36)31-27-24(28(33)35)18-30-34(27)23-6-2-1-3-7-23/h1-18H. The van der Waals surface area contributed by atoms with E-state index < -0.39 is 0 Å². The summed E-state index contributed by atoms with van der Waals surface area (Å²) in [5.74, 6) is 0.446. The number of halogens is 1. The highest BCUT2D eigenvalue weighted by atomic mass is 35.5. The molecule has 0 fully saturated rings. The molecule has 0 saturated heterocycles. The maximum absolute atomic E-state index is 13.8. The van der Waals surface area contributed by atoms with E-state index in [1.54, 1.807) is 51.8 Å². The predicted octanol–water partition coefficient (Wildman–Crippen LogP) is 5.19. The van der Waals surface area contributed by atoms with Gasteiger partial charge in [0.25, 0.3) is 5.56 Å². The molecule has 0 aliphatic heterocycles. The van der Waals surface area contributed by atoms with Crippen molar-refractivity contribution in [2.45, 2.75) is 0 Å². The zero-order valence-electron chi connectivity index (χ0n) is 18.8. The summed E-state index contributed by atoms with van der Waals surface area (Å²) in [5, 5.41) is 17.6. The number of fused-ring (bicyclic) bond motifs is 1. The van der Waals surface area contributed by atoms with Gasteiger partial charge < -0.3 is 5.21 Å². The van der Waals surface area contributed by atoms with Crippen LogP contribution in [0.2, 0.25) is 5.02 Å². The summed E-state index contributed by atoms with van der Waals surface area (Å²) in [6, 6.07) is 29.2. The highest BCUT2D eigenvalue weighted by molar-refractivity contribution is 6.30. The van der Waals surface area contributed by atoms with E-state index in [0.717, 1.165) is 16.0 Å². The van der Waals surface area contributed by atoms with Gasteiger partial charge in [0.05, 0.1) is 17.6 Å². The van der Waals surface area contributed by atoms with Crippen molar-refractivity contribution in [1.82, 2.24) is 19.3 Å². The minimum absolute atomic E-state index is 0.246. The van der Waals surface area contributed by atoms with Gasteiger partial charge in [-0.05, 0) is 54.6 Å². The van der Waals surface area contributed by atoms with E-state index in [1.807, 2.05) is 60.7 Å². The van der Waals surface area contributed by atoms with E-state index in [2.05, 4.69) is 5.10 Å². The van der Waals surface area contributed by atoms with Gasteiger partial charge in [-0.2, -0.15) is 9.83 Å². The molecule has 0 unspecified atom stereocenters. The Morgan fingerprint density at radius 1 is 0.778 bits per heavy atom. The lowest BCUT2D eigenvalue weighted by atomic mass is 10.1. The smallest absolute Gasteiger partial charge is 0.269 e. The van der Waals surface area contributed by atoms with Crippen molar-refractivity contribution in [2.75, 3.05) is 0 Å². The van der Waals surface area contributed by atoms with Crippen LogP contribution in [0.25, 0.3) is 45.1 Å². The number of benzene rings is 3. The van der Waals surface area contributed by atoms with Gasteiger partial charge in [0, 0.05) is 28.3 Å². The fourth-order valence-electron chi connectivity index (χ4n) is 4.19. The van der Waals surface area contributed by atoms with E-state index in [9.17, 15) is 10.0 Å². The molecule has 0 radical (unpaired) electrons. The Hall–Kier alpha value is -4.75. The molecule has 3 aromatic heterocycles. The third-order valence-corrected chi connectivity index (χ3v) is 6.20. The van der Waals surface area contributed by atoms with Gasteiger partial charge in [-0.15, -0.1) is 0 Å². The molecular formula is C28H18ClN5O2. The number of aromatic nitrogens is 5. The highest BCUT2D eigenvalue weighted by Crippen LogP contribution is 2.26. The fourth-order valence-corrected chi connectivity index (χ4v) is 4.32. The Morgan fingerprint density at radius 2 is 1.47 bits per heavy atom. The fraction of sp³-hybridized carbons (Fsp3) is 0. The van der Waals surface area contributed by atoms with Crippen molar-refractivity contribution in [3.8, 4) is 34.0 Å². The molecule has 0 amide bonds. The van der Waals surface area contributed by atoms with Crippen LogP contribution >= 0.6 is 11.6 Å². The number of para-hydroxylation sites is 1. The summed E-state index contributed by atoms with van der Waals surface area (Å²) in [7, 11) is 0. The average Bonchev–Trinajstić information content (AvgIpc) is 3.35. The minimum Gasteiger partial charge on any atom is -0.618 e. The quantitative estimate of drug-likeness (QED) is 0.251. The van der Waals surface area contributed by atoms with Crippen LogP contribution in [0.5, 0.6) is 0 Å². The van der Waals surface area contributed by atoms with Crippen LogP contribution in [0.3, 0.4) is 0 Å². The molecule has 0 atom stereocenters. The lowest BCUT2D eigenvalue weighted by Crippen LogP contribution is -2.27. The summed E-state index contributed by atoms with van der Waals surface area (Å²) in [5.41, 5.74) is 3.64. The van der Waals surface area contributed by atoms with E-state index in [0.29, 0.717) is 38.8 Å². The summed E-state index contributed by atoms with van der Waals surface area (Å²) < 4.78 is 4.04. The van der Waals surface area contributed by atoms with Crippen LogP contribution in [0.15, 0.2) is 114 Å². The van der Waals surface area contributed by atoms with Crippen LogP contribution in [0, 0.1) is 5.21 Å². The number of hydrogen-bond donors (Lipinski definition) is 0. The monoisotopic (exact) mass is 491 g/mol. The van der Waals surface area contributed by atoms with Crippen molar-refractivity contribution in [3.63, 3.8) is 0 Å². The predicted molar refractivity (Wildman–Crippen MR) is 139 cm³/mol. The molecule has 6 rings (SSSR count). The van der Waals surface area contributed by atoms with Crippen molar-refractivity contribution in [2.24, 2.45) is 0 Å². The van der Waals surface area contributed by atoms with Crippen LogP contribution < -0.4 is 10.3 Å². The van der Waals surface area contributed by atoms with Crippen molar-refractivity contribution in [1.29, 1.82) is 0 Å². The number of pyridine rings is 1. The Labute approximate surface area is 210 Å². The van der Waals surface area contributed by atoms with Crippen molar-refractivity contribution in [3.05, 3.63) is 130 Å². The van der Waals surface area contributed by atoms with Crippen molar-refractivity contribution < 1.29 is 4.73 Å². The van der Waals surface area contributed by atoms with Crippen LogP contribution in [0.4, 0.5) is 0 Å². The van der Waals surface area contributed by atoms with E-state index in [4.69, 9.17) is 16.6 Å². The number of hydrogen-bond acceptors (Lipinski definition) is 4. The third kappa shape index (κ3) is 3.72. The SMILES string of the molecule is O=c1c2cnn(-c3ccccc3)c2nc(-c2ccc(-c3cccc[n+]3[O-])cc2)n1-c1ccc(Cl)cc1. The second kappa shape index (κ2) is 8.79. The molecule has 0 bridgehead atoms. The first kappa shape index (κ1) is 21.8. The van der Waals surface area contributed by atoms with Crippen LogP contribution in [-0.4, -0.2) is 19.3 Å². The molecule has 0 N–H and O–H groups in total. The molecule has 0 aliphatic carbocycles. The summed E-state index contributed by atoms with van der Waals surface area (Å²) in [6.07, 6.45) is 3.00. The highest BCUT2D eigenvalue weighted by Gasteiger charge is 2.19. The van der Waals surface area contributed by atoms with E-state index in [1.165, 1.54) is 6.20 Å². The average molecular weight is 492 g/mol. The molecule has 36 heavy (non-hydrogen) atoms. The van der Waals surface area contributed by atoms with Gasteiger partial charge in [-0.3, -0.25) is 9.36 Å². The van der Waals surface area contributed by atoms with Gasteiger partial charge in [-0.25, -0.2) is 9.67 Å². The van der Waals surface area contributed by atoms with E-state index >= 15 is 0 Å². The second-order valence-corrected chi connectivity index (χ2v) is 8.61. The van der Waals surface area contributed by atoms with Gasteiger partial charge in [-0.1, -0.05) is 41.9 Å². The molecule has 0 saturated carbocycles. The Kier molecular flexibility index (Phi) is 5.32. The summed E-state index contributed by atoms with van der Waals surface area (Å²) in [4.78, 5) is 18.7. The summed E-state index contributed by atoms with van der Waals surface area (Å²) in [6.45, 7) is 0. The van der Waals surface area contributed by atoms with E-state index in [-0.39, 0.29) is 5.56 Å². The van der Waals surface area contributed by atoms with Gasteiger partial charge in [0.2, 0.25) is 5.69 Å². The number of nitrogens with zero attached hydrogens (tertiary/aromatic N) is 5. The van der Waals surface area contributed by atoms with Crippen LogP contribution in [-0.2, 0) is 0 Å². The molecule has 3 aromatic carbocycles. The first-order valence-electron chi connectivity index (χ1n) is 11.2. The molecule has 6 aromatic rings. The Balaban J connectivity index is 1.59. The molecule has 8 heteroatoms. The molecular weight excluding hydrogens is 474 g/mol. The van der Waals surface area contributed by atoms with Gasteiger partial charge in [0.15, 0.2) is 11.8 Å². The largest absolute Gasteiger partial charge is 0.618 e. The van der Waals surface area contributed by atoms with Crippen molar-refractivity contribution >= 4 is 22.6 Å². The number of rotatable bonds is 4. The molecule has 3 heterocycles. The van der Waals surface area contributed by atoms with Crippen LogP contribution in [0.1, 0.15) is 0 Å². The maximum Gasteiger partial charge on any atom is 0.269 e. The third-order valence-electron chi connectivity index (χ3n) is 5.95. The maximum atomic E-state index is 13.8. The molecule has 174 valence electrons. The minimum atomic E-state index is -0.246. The first-order valence-corrected chi connectivity index (χ1v) is 11.6. The van der Waals surface area contributed by atoms with Gasteiger partial charge in [0.1, 0.15) is 11.2 Å². The second-order valence-electron chi connectivity index (χ2n) is 8.17. The lowest BCUT2D eigenvalue weighted by molar-refractivity contribution is -0.593. The molecule has 0 aliphatic rings. The Bertz CT molecular complexity index is 1760. The molecule has 7 nitrogen and oxygen atoms in total. The zero-order chi connectivity index (χ0) is 24.6. The lowest BCUT2D eigenvalue weighted by Gasteiger charge is -2.14. The topological polar surface area (TPSA) is 79.7 Å². The van der Waals surface area contributed by atoms with Gasteiger partial charge >= 0.3 is 0 Å².